The average molecular weight is 486 g/mol. The Morgan fingerprint density at radius 2 is 1.76 bits per heavy atom. The van der Waals surface area contributed by atoms with Gasteiger partial charge >= 0.3 is 0 Å². The van der Waals surface area contributed by atoms with Crippen molar-refractivity contribution in [1.29, 1.82) is 0 Å². The lowest BCUT2D eigenvalue weighted by Crippen LogP contribution is -2.37. The summed E-state index contributed by atoms with van der Waals surface area (Å²) < 4.78 is 25.5. The number of amides is 2. The Labute approximate surface area is 198 Å². The first-order chi connectivity index (χ1) is 15.8. The van der Waals surface area contributed by atoms with Crippen LogP contribution in [0.1, 0.15) is 27.9 Å². The minimum absolute atomic E-state index is 0.0290. The Hall–Kier alpha value is -2.78. The Bertz CT molecular complexity index is 1170. The van der Waals surface area contributed by atoms with Gasteiger partial charge in [-0.15, -0.1) is 0 Å². The lowest BCUT2D eigenvalue weighted by atomic mass is 10.1. The zero-order valence-electron chi connectivity index (χ0n) is 18.5. The molecule has 0 radical (unpaired) electrons. The number of sulfonamides is 1. The van der Waals surface area contributed by atoms with Gasteiger partial charge in [-0.25, -0.2) is 8.42 Å². The average Bonchev–Trinajstić information content (AvgIpc) is 3.18. The number of nitrogens with zero attached hydrogens (tertiary/aromatic N) is 2. The summed E-state index contributed by atoms with van der Waals surface area (Å²) in [5.41, 5.74) is 3.55. The monoisotopic (exact) mass is 485 g/mol. The van der Waals surface area contributed by atoms with Crippen LogP contribution in [0.3, 0.4) is 0 Å². The molecule has 2 heterocycles. The molecule has 2 aliphatic rings. The fourth-order valence-electron chi connectivity index (χ4n) is 3.91. The van der Waals surface area contributed by atoms with Gasteiger partial charge in [0, 0.05) is 48.5 Å². The van der Waals surface area contributed by atoms with E-state index in [1.807, 2.05) is 29.7 Å². The van der Waals surface area contributed by atoms with Gasteiger partial charge < -0.3 is 10.2 Å². The van der Waals surface area contributed by atoms with Gasteiger partial charge in [-0.1, -0.05) is 12.1 Å². The summed E-state index contributed by atoms with van der Waals surface area (Å²) in [6, 6.07) is 12.4. The summed E-state index contributed by atoms with van der Waals surface area (Å²) in [7, 11) is -3.21. The minimum atomic E-state index is -3.21. The second kappa shape index (κ2) is 10.0. The highest BCUT2D eigenvalue weighted by Crippen LogP contribution is 2.24. The van der Waals surface area contributed by atoms with Gasteiger partial charge in [-0.2, -0.15) is 11.8 Å². The molecule has 0 atom stereocenters. The molecule has 33 heavy (non-hydrogen) atoms. The van der Waals surface area contributed by atoms with Crippen LogP contribution in [-0.4, -0.2) is 62.0 Å². The van der Waals surface area contributed by atoms with E-state index in [1.165, 1.54) is 10.4 Å². The van der Waals surface area contributed by atoms with Gasteiger partial charge in [-0.3, -0.25) is 13.9 Å². The highest BCUT2D eigenvalue weighted by molar-refractivity contribution is 7.99. The van der Waals surface area contributed by atoms with E-state index < -0.39 is 10.0 Å². The van der Waals surface area contributed by atoms with Crippen molar-refractivity contribution < 1.29 is 18.0 Å². The minimum Gasteiger partial charge on any atom is -0.337 e. The molecule has 0 spiro atoms. The number of anilines is 2. The Morgan fingerprint density at radius 3 is 2.39 bits per heavy atom. The smallest absolute Gasteiger partial charge is 0.253 e. The number of carbonyl (C=O) groups excluding carboxylic acids is 2. The van der Waals surface area contributed by atoms with Gasteiger partial charge in [0.25, 0.3) is 5.91 Å². The summed E-state index contributed by atoms with van der Waals surface area (Å²) in [6.07, 6.45) is 3.75. The number of thioether (sulfide) groups is 1. The molecule has 2 saturated heterocycles. The molecule has 0 bridgehead atoms. The van der Waals surface area contributed by atoms with Crippen molar-refractivity contribution in [3.63, 3.8) is 0 Å². The van der Waals surface area contributed by atoms with Crippen LogP contribution < -0.4 is 9.62 Å². The summed E-state index contributed by atoms with van der Waals surface area (Å²) in [4.78, 5) is 26.9. The van der Waals surface area contributed by atoms with E-state index >= 15 is 0 Å². The zero-order valence-corrected chi connectivity index (χ0v) is 20.1. The predicted molar refractivity (Wildman–Crippen MR) is 134 cm³/mol. The number of nitrogens with one attached hydrogen (secondary N) is 1. The van der Waals surface area contributed by atoms with Crippen molar-refractivity contribution in [2.24, 2.45) is 0 Å². The topological polar surface area (TPSA) is 86.8 Å². The van der Waals surface area contributed by atoms with E-state index in [1.54, 1.807) is 42.5 Å². The summed E-state index contributed by atoms with van der Waals surface area (Å²) in [5, 5.41) is 2.85. The van der Waals surface area contributed by atoms with E-state index in [4.69, 9.17) is 0 Å². The van der Waals surface area contributed by atoms with Crippen molar-refractivity contribution in [3.05, 3.63) is 65.2 Å². The molecule has 4 rings (SSSR count). The molecule has 0 aliphatic carbocycles. The van der Waals surface area contributed by atoms with Crippen LogP contribution >= 0.6 is 11.8 Å². The van der Waals surface area contributed by atoms with Crippen LogP contribution in [-0.2, 0) is 14.8 Å². The van der Waals surface area contributed by atoms with Crippen molar-refractivity contribution in [1.82, 2.24) is 4.90 Å². The van der Waals surface area contributed by atoms with Crippen molar-refractivity contribution in [2.75, 3.05) is 46.5 Å². The molecule has 0 unspecified atom stereocenters. The quantitative estimate of drug-likeness (QED) is 0.656. The number of carbonyl (C=O) groups is 2. The molecule has 7 nitrogen and oxygen atoms in total. The fraction of sp³-hybridized carbons (Fsp3) is 0.333. The van der Waals surface area contributed by atoms with Crippen molar-refractivity contribution in [2.45, 2.75) is 13.3 Å². The van der Waals surface area contributed by atoms with Crippen LogP contribution in [0.4, 0.5) is 11.4 Å². The van der Waals surface area contributed by atoms with Gasteiger partial charge in [-0.05, 0) is 60.9 Å². The number of hydrogen-bond acceptors (Lipinski definition) is 5. The van der Waals surface area contributed by atoms with Crippen LogP contribution in [0.25, 0.3) is 6.08 Å². The predicted octanol–water partition coefficient (Wildman–Crippen LogP) is 3.38. The van der Waals surface area contributed by atoms with E-state index in [2.05, 4.69) is 5.32 Å². The third-order valence-electron chi connectivity index (χ3n) is 5.74. The molecule has 2 fully saturated rings. The second-order valence-electron chi connectivity index (χ2n) is 8.09. The molecule has 2 aromatic carbocycles. The largest absolute Gasteiger partial charge is 0.337 e. The Morgan fingerprint density at radius 1 is 1.03 bits per heavy atom. The normalized spacial score (nSPS) is 18.0. The highest BCUT2D eigenvalue weighted by atomic mass is 32.2. The van der Waals surface area contributed by atoms with Crippen molar-refractivity contribution in [3.8, 4) is 0 Å². The number of hydrogen-bond donors (Lipinski definition) is 1. The van der Waals surface area contributed by atoms with Gasteiger partial charge in [0.1, 0.15) is 0 Å². The number of aryl methyl sites for hydroxylation is 1. The Balaban J connectivity index is 1.37. The summed E-state index contributed by atoms with van der Waals surface area (Å²) >= 11 is 1.86. The Kier molecular flexibility index (Phi) is 7.09. The third kappa shape index (κ3) is 5.59. The second-order valence-corrected chi connectivity index (χ2v) is 11.3. The highest BCUT2D eigenvalue weighted by Gasteiger charge is 2.28. The molecule has 0 saturated carbocycles. The standard InChI is InChI=1S/C24H27N3O4S2/c1-18-17-20(24(29)26-12-14-32-15-13-26)6-9-22(18)25-23(28)10-5-19-3-7-21(8-4-19)27-11-2-16-33(27,30)31/h3-10,17H,2,11-16H2,1H3,(H,25,28)/b10-5+. The number of rotatable bonds is 5. The van der Waals surface area contributed by atoms with Gasteiger partial charge in [0.2, 0.25) is 15.9 Å². The van der Waals surface area contributed by atoms with Gasteiger partial charge in [0.05, 0.1) is 11.4 Å². The van der Waals surface area contributed by atoms with Gasteiger partial charge in [0.15, 0.2) is 0 Å². The first kappa shape index (κ1) is 23.4. The third-order valence-corrected chi connectivity index (χ3v) is 8.55. The van der Waals surface area contributed by atoms with E-state index in [0.29, 0.717) is 29.9 Å². The van der Waals surface area contributed by atoms with Crippen LogP contribution in [0, 0.1) is 6.92 Å². The molecular weight excluding hydrogens is 458 g/mol. The number of benzene rings is 2. The fourth-order valence-corrected chi connectivity index (χ4v) is 6.38. The molecule has 2 aromatic rings. The van der Waals surface area contributed by atoms with Crippen LogP contribution in [0.15, 0.2) is 48.5 Å². The lowest BCUT2D eigenvalue weighted by molar-refractivity contribution is -0.111. The van der Waals surface area contributed by atoms with E-state index in [9.17, 15) is 18.0 Å². The summed E-state index contributed by atoms with van der Waals surface area (Å²) in [5.74, 6) is 1.86. The first-order valence-electron chi connectivity index (χ1n) is 10.9. The molecule has 9 heteroatoms. The molecule has 2 amide bonds. The molecule has 1 N–H and O–H groups in total. The molecule has 174 valence electrons. The molecule has 2 aliphatic heterocycles. The van der Waals surface area contributed by atoms with Crippen molar-refractivity contribution >= 4 is 51.1 Å². The summed E-state index contributed by atoms with van der Waals surface area (Å²) in [6.45, 7) is 3.90. The van der Waals surface area contributed by atoms with Crippen LogP contribution in [0.5, 0.6) is 0 Å². The van der Waals surface area contributed by atoms with E-state index in [0.717, 1.165) is 35.7 Å². The maximum absolute atomic E-state index is 12.7. The first-order valence-corrected chi connectivity index (χ1v) is 13.7. The maximum Gasteiger partial charge on any atom is 0.253 e. The SMILES string of the molecule is Cc1cc(C(=O)N2CCSCC2)ccc1NC(=O)/C=C/c1ccc(N2CCCS2(=O)=O)cc1. The lowest BCUT2D eigenvalue weighted by Gasteiger charge is -2.26. The maximum atomic E-state index is 12.7. The van der Waals surface area contributed by atoms with E-state index in [-0.39, 0.29) is 17.6 Å². The molecule has 0 aromatic heterocycles. The molecular formula is C24H27N3O4S2. The zero-order chi connectivity index (χ0) is 23.4. The van der Waals surface area contributed by atoms with Crippen LogP contribution in [0.2, 0.25) is 0 Å².